The zero-order valence-corrected chi connectivity index (χ0v) is 14.8. The molecular formula is C19H22N2O3S. The van der Waals surface area contributed by atoms with Crippen LogP contribution in [0.15, 0.2) is 59.5 Å². The molecule has 0 saturated carbocycles. The van der Waals surface area contributed by atoms with E-state index in [1.807, 2.05) is 30.3 Å². The summed E-state index contributed by atoms with van der Waals surface area (Å²) in [7, 11) is -3.44. The number of nitrogens with zero attached hydrogens (tertiary/aromatic N) is 1. The average molecular weight is 358 g/mol. The number of benzene rings is 2. The molecule has 3 rings (SSSR count). The normalized spacial score (nSPS) is 15.7. The molecule has 1 aliphatic heterocycles. The minimum absolute atomic E-state index is 0.127. The fourth-order valence-electron chi connectivity index (χ4n) is 2.95. The number of carbonyl (C=O) groups is 1. The number of nitrogens with one attached hydrogen (secondary N) is 1. The van der Waals surface area contributed by atoms with Gasteiger partial charge in [0.1, 0.15) is 0 Å². The highest BCUT2D eigenvalue weighted by molar-refractivity contribution is 7.89. The van der Waals surface area contributed by atoms with Crippen LogP contribution in [0.25, 0.3) is 0 Å². The Labute approximate surface area is 148 Å². The second kappa shape index (κ2) is 7.80. The lowest BCUT2D eigenvalue weighted by Gasteiger charge is -2.25. The third kappa shape index (κ3) is 4.46. The van der Waals surface area contributed by atoms with Crippen molar-refractivity contribution in [2.75, 3.05) is 18.4 Å². The monoisotopic (exact) mass is 358 g/mol. The van der Waals surface area contributed by atoms with Crippen molar-refractivity contribution < 1.29 is 13.2 Å². The van der Waals surface area contributed by atoms with Crippen molar-refractivity contribution in [3.8, 4) is 0 Å². The van der Waals surface area contributed by atoms with Gasteiger partial charge >= 0.3 is 0 Å². The van der Waals surface area contributed by atoms with Crippen molar-refractivity contribution in [2.45, 2.75) is 30.6 Å². The van der Waals surface area contributed by atoms with Crippen molar-refractivity contribution in [3.63, 3.8) is 0 Å². The van der Waals surface area contributed by atoms with Crippen molar-refractivity contribution in [2.24, 2.45) is 0 Å². The maximum atomic E-state index is 12.6. The van der Waals surface area contributed by atoms with E-state index in [4.69, 9.17) is 0 Å². The molecule has 0 aromatic heterocycles. The summed E-state index contributed by atoms with van der Waals surface area (Å²) in [6, 6.07) is 15.9. The number of sulfonamides is 1. The van der Waals surface area contributed by atoms with E-state index in [-0.39, 0.29) is 17.2 Å². The predicted molar refractivity (Wildman–Crippen MR) is 97.8 cm³/mol. The Bertz CT molecular complexity index is 812. The first-order chi connectivity index (χ1) is 12.1. The Morgan fingerprint density at radius 1 is 0.920 bits per heavy atom. The van der Waals surface area contributed by atoms with Crippen LogP contribution in [0.4, 0.5) is 5.69 Å². The summed E-state index contributed by atoms with van der Waals surface area (Å²) in [5, 5.41) is 2.80. The molecule has 2 aromatic carbocycles. The summed E-state index contributed by atoms with van der Waals surface area (Å²) in [5.41, 5.74) is 1.53. The molecule has 1 heterocycles. The summed E-state index contributed by atoms with van der Waals surface area (Å²) in [5.74, 6) is -0.127. The highest BCUT2D eigenvalue weighted by atomic mass is 32.2. The van der Waals surface area contributed by atoms with Crippen molar-refractivity contribution >= 4 is 21.6 Å². The standard InChI is InChI=1S/C19H22N2O3S/c22-19(15-16-7-3-1-4-8-16)20-17-9-11-18(12-10-17)25(23,24)21-13-5-2-6-14-21/h1,3-4,7-12H,2,5-6,13-15H2,(H,20,22). The van der Waals surface area contributed by atoms with Gasteiger partial charge in [-0.25, -0.2) is 8.42 Å². The molecule has 1 aliphatic rings. The minimum Gasteiger partial charge on any atom is -0.326 e. The number of amides is 1. The first-order valence-electron chi connectivity index (χ1n) is 8.50. The number of hydrogen-bond acceptors (Lipinski definition) is 3. The van der Waals surface area contributed by atoms with E-state index in [9.17, 15) is 13.2 Å². The van der Waals surface area contributed by atoms with Gasteiger partial charge in [0.05, 0.1) is 11.3 Å². The Kier molecular flexibility index (Phi) is 5.50. The van der Waals surface area contributed by atoms with Gasteiger partial charge in [-0.1, -0.05) is 36.8 Å². The molecule has 0 aliphatic carbocycles. The van der Waals surface area contributed by atoms with Gasteiger partial charge in [0.15, 0.2) is 0 Å². The smallest absolute Gasteiger partial charge is 0.243 e. The molecule has 1 saturated heterocycles. The highest BCUT2D eigenvalue weighted by Gasteiger charge is 2.25. The maximum absolute atomic E-state index is 12.6. The Morgan fingerprint density at radius 2 is 1.56 bits per heavy atom. The Hall–Kier alpha value is -2.18. The van der Waals surface area contributed by atoms with Gasteiger partial charge < -0.3 is 5.32 Å². The van der Waals surface area contributed by atoms with E-state index in [1.165, 1.54) is 0 Å². The molecular weight excluding hydrogens is 336 g/mol. The predicted octanol–water partition coefficient (Wildman–Crippen LogP) is 3.04. The molecule has 1 N–H and O–H groups in total. The molecule has 1 fully saturated rings. The maximum Gasteiger partial charge on any atom is 0.243 e. The van der Waals surface area contributed by atoms with Crippen LogP contribution >= 0.6 is 0 Å². The van der Waals surface area contributed by atoms with Gasteiger partial charge in [0.25, 0.3) is 0 Å². The fourth-order valence-corrected chi connectivity index (χ4v) is 4.47. The fraction of sp³-hybridized carbons (Fsp3) is 0.316. The summed E-state index contributed by atoms with van der Waals surface area (Å²) >= 11 is 0. The third-order valence-corrected chi connectivity index (χ3v) is 6.21. The first-order valence-corrected chi connectivity index (χ1v) is 9.94. The Morgan fingerprint density at radius 3 is 2.20 bits per heavy atom. The summed E-state index contributed by atoms with van der Waals surface area (Å²) in [4.78, 5) is 12.3. The van der Waals surface area contributed by atoms with Crippen LogP contribution in [0.2, 0.25) is 0 Å². The molecule has 25 heavy (non-hydrogen) atoms. The molecule has 1 amide bonds. The molecule has 132 valence electrons. The van der Waals surface area contributed by atoms with Crippen LogP contribution < -0.4 is 5.32 Å². The van der Waals surface area contributed by atoms with Crippen LogP contribution in [0.5, 0.6) is 0 Å². The Balaban J connectivity index is 1.64. The van der Waals surface area contributed by atoms with E-state index in [0.717, 1.165) is 24.8 Å². The van der Waals surface area contributed by atoms with Crippen LogP contribution in [0.1, 0.15) is 24.8 Å². The zero-order chi connectivity index (χ0) is 17.7. The van der Waals surface area contributed by atoms with E-state index in [1.54, 1.807) is 28.6 Å². The molecule has 2 aromatic rings. The quantitative estimate of drug-likeness (QED) is 0.893. The summed E-state index contributed by atoms with van der Waals surface area (Å²) < 4.78 is 26.7. The molecule has 6 heteroatoms. The minimum atomic E-state index is -3.44. The number of anilines is 1. The number of piperidine rings is 1. The van der Waals surface area contributed by atoms with Crippen LogP contribution in [0.3, 0.4) is 0 Å². The van der Waals surface area contributed by atoms with Crippen molar-refractivity contribution in [3.05, 3.63) is 60.2 Å². The van der Waals surface area contributed by atoms with E-state index < -0.39 is 10.0 Å². The van der Waals surface area contributed by atoms with Gasteiger partial charge in [-0.2, -0.15) is 4.31 Å². The molecule has 0 atom stereocenters. The highest BCUT2D eigenvalue weighted by Crippen LogP contribution is 2.22. The lowest BCUT2D eigenvalue weighted by Crippen LogP contribution is -2.35. The molecule has 0 unspecified atom stereocenters. The number of carbonyl (C=O) groups excluding carboxylic acids is 1. The van der Waals surface area contributed by atoms with E-state index in [2.05, 4.69) is 5.32 Å². The molecule has 0 spiro atoms. The third-order valence-electron chi connectivity index (χ3n) is 4.30. The zero-order valence-electron chi connectivity index (χ0n) is 14.0. The van der Waals surface area contributed by atoms with Crippen LogP contribution in [0, 0.1) is 0 Å². The van der Waals surface area contributed by atoms with Gasteiger partial charge in [0.2, 0.25) is 15.9 Å². The van der Waals surface area contributed by atoms with Crippen molar-refractivity contribution in [1.82, 2.24) is 4.31 Å². The van der Waals surface area contributed by atoms with Gasteiger partial charge in [-0.05, 0) is 42.7 Å². The average Bonchev–Trinajstić information content (AvgIpc) is 2.63. The summed E-state index contributed by atoms with van der Waals surface area (Å²) in [6.45, 7) is 1.16. The van der Waals surface area contributed by atoms with Gasteiger partial charge in [-0.15, -0.1) is 0 Å². The van der Waals surface area contributed by atoms with E-state index >= 15 is 0 Å². The first kappa shape index (κ1) is 17.6. The summed E-state index contributed by atoms with van der Waals surface area (Å²) in [6.07, 6.45) is 3.19. The van der Waals surface area contributed by atoms with Gasteiger partial charge in [0, 0.05) is 18.8 Å². The van der Waals surface area contributed by atoms with Crippen LogP contribution in [-0.2, 0) is 21.2 Å². The second-order valence-electron chi connectivity index (χ2n) is 6.20. The molecule has 0 radical (unpaired) electrons. The lowest BCUT2D eigenvalue weighted by atomic mass is 10.1. The van der Waals surface area contributed by atoms with Gasteiger partial charge in [-0.3, -0.25) is 4.79 Å². The number of rotatable bonds is 5. The topological polar surface area (TPSA) is 66.5 Å². The van der Waals surface area contributed by atoms with Crippen LogP contribution in [-0.4, -0.2) is 31.7 Å². The lowest BCUT2D eigenvalue weighted by molar-refractivity contribution is -0.115. The number of hydrogen-bond donors (Lipinski definition) is 1. The van der Waals surface area contributed by atoms with E-state index in [0.29, 0.717) is 18.8 Å². The SMILES string of the molecule is O=C(Cc1ccccc1)Nc1ccc(S(=O)(=O)N2CCCCC2)cc1. The molecule has 5 nitrogen and oxygen atoms in total. The van der Waals surface area contributed by atoms with Crippen molar-refractivity contribution in [1.29, 1.82) is 0 Å². The second-order valence-corrected chi connectivity index (χ2v) is 8.14. The largest absolute Gasteiger partial charge is 0.326 e. The molecule has 0 bridgehead atoms.